The van der Waals surface area contributed by atoms with Gasteiger partial charge in [0.05, 0.1) is 16.2 Å². The molecule has 1 heterocycles. The minimum Gasteiger partial charge on any atom is -0.366 e. The summed E-state index contributed by atoms with van der Waals surface area (Å²) in [5, 5.41) is 25.1. The van der Waals surface area contributed by atoms with Gasteiger partial charge in [0.25, 0.3) is 11.6 Å². The molecule has 1 saturated carbocycles. The molecule has 1 aromatic heterocycles. The molecular weight excluding hydrogens is 465 g/mol. The van der Waals surface area contributed by atoms with E-state index in [1.165, 1.54) is 28.9 Å². The highest BCUT2D eigenvalue weighted by Gasteiger charge is 2.25. The van der Waals surface area contributed by atoms with Gasteiger partial charge in [-0.3, -0.25) is 19.7 Å². The highest BCUT2D eigenvalue weighted by atomic mass is 32.2. The van der Waals surface area contributed by atoms with Crippen molar-refractivity contribution < 1.29 is 18.9 Å². The first-order chi connectivity index (χ1) is 16.2. The maximum absolute atomic E-state index is 15.0. The third-order valence-corrected chi connectivity index (χ3v) is 6.75. The molecule has 13 heteroatoms. The molecule has 0 bridgehead atoms. The standard InChI is InChI=1S/C21H20FN7O4S/c1-28-21(25-26-27-28)34-18-7-6-12(29(32)33)8-15(18)20(31)24-17-10-14(19(23)30)13(9-16(17)22)11-4-2-3-5-11/h6-11H,2-5H2,1H3,(H2,23,30)(H,24,31). The second-order valence-electron chi connectivity index (χ2n) is 7.84. The summed E-state index contributed by atoms with van der Waals surface area (Å²) in [6.45, 7) is 0. The predicted octanol–water partition coefficient (Wildman–Crippen LogP) is 3.42. The van der Waals surface area contributed by atoms with Crippen LogP contribution in [-0.4, -0.2) is 36.9 Å². The number of nitro benzene ring substituents is 1. The molecule has 3 N–H and O–H groups in total. The number of nitrogens with one attached hydrogen (secondary N) is 1. The van der Waals surface area contributed by atoms with E-state index in [1.54, 1.807) is 7.05 Å². The van der Waals surface area contributed by atoms with Crippen molar-refractivity contribution >= 4 is 35.0 Å². The summed E-state index contributed by atoms with van der Waals surface area (Å²) in [7, 11) is 1.60. The van der Waals surface area contributed by atoms with Crippen LogP contribution < -0.4 is 11.1 Å². The van der Waals surface area contributed by atoms with Gasteiger partial charge < -0.3 is 11.1 Å². The van der Waals surface area contributed by atoms with Gasteiger partial charge in [0.15, 0.2) is 0 Å². The summed E-state index contributed by atoms with van der Waals surface area (Å²) >= 11 is 1.01. The summed E-state index contributed by atoms with van der Waals surface area (Å²) in [6, 6.07) is 6.17. The van der Waals surface area contributed by atoms with Gasteiger partial charge in [-0.1, -0.05) is 12.8 Å². The molecule has 0 saturated heterocycles. The van der Waals surface area contributed by atoms with Gasteiger partial charge in [0.1, 0.15) is 5.82 Å². The molecule has 34 heavy (non-hydrogen) atoms. The molecule has 0 aliphatic heterocycles. The van der Waals surface area contributed by atoms with Crippen molar-refractivity contribution in [1.29, 1.82) is 0 Å². The van der Waals surface area contributed by atoms with Crippen molar-refractivity contribution in [2.24, 2.45) is 12.8 Å². The SMILES string of the molecule is Cn1nnnc1Sc1ccc([N+](=O)[O-])cc1C(=O)Nc1cc(C(N)=O)c(C2CCCC2)cc1F. The van der Waals surface area contributed by atoms with Gasteiger partial charge in [-0.2, -0.15) is 0 Å². The number of halogens is 1. The number of hydrogen-bond donors (Lipinski definition) is 2. The monoisotopic (exact) mass is 485 g/mol. The summed E-state index contributed by atoms with van der Waals surface area (Å²) in [5.41, 5.74) is 5.56. The van der Waals surface area contributed by atoms with E-state index in [-0.39, 0.29) is 28.4 Å². The molecule has 1 fully saturated rings. The fourth-order valence-corrected chi connectivity index (χ4v) is 4.81. The highest BCUT2D eigenvalue weighted by Crippen LogP contribution is 2.38. The van der Waals surface area contributed by atoms with E-state index in [9.17, 15) is 24.1 Å². The van der Waals surface area contributed by atoms with Crippen molar-refractivity contribution in [3.05, 3.63) is 63.0 Å². The number of aromatic nitrogens is 4. The molecule has 0 atom stereocenters. The zero-order chi connectivity index (χ0) is 24.4. The Morgan fingerprint density at radius 3 is 2.59 bits per heavy atom. The average molecular weight is 486 g/mol. The van der Waals surface area contributed by atoms with E-state index >= 15 is 0 Å². The van der Waals surface area contributed by atoms with E-state index in [1.807, 2.05) is 0 Å². The molecule has 0 radical (unpaired) electrons. The number of amides is 2. The van der Waals surface area contributed by atoms with Gasteiger partial charge in [-0.05, 0) is 64.7 Å². The fraction of sp³-hybridized carbons (Fsp3) is 0.286. The van der Waals surface area contributed by atoms with Gasteiger partial charge in [-0.15, -0.1) is 5.10 Å². The number of tetrazole rings is 1. The lowest BCUT2D eigenvalue weighted by atomic mass is 9.92. The highest BCUT2D eigenvalue weighted by molar-refractivity contribution is 7.99. The number of nitrogens with two attached hydrogens (primary N) is 1. The maximum Gasteiger partial charge on any atom is 0.270 e. The van der Waals surface area contributed by atoms with Crippen LogP contribution in [-0.2, 0) is 7.05 Å². The van der Waals surface area contributed by atoms with Crippen LogP contribution in [0.5, 0.6) is 0 Å². The van der Waals surface area contributed by atoms with Crippen LogP contribution in [0.1, 0.15) is 57.9 Å². The smallest absolute Gasteiger partial charge is 0.270 e. The first-order valence-electron chi connectivity index (χ1n) is 10.4. The van der Waals surface area contributed by atoms with E-state index in [2.05, 4.69) is 20.8 Å². The Labute approximate surface area is 197 Å². The largest absolute Gasteiger partial charge is 0.366 e. The van der Waals surface area contributed by atoms with E-state index in [4.69, 9.17) is 5.73 Å². The normalized spacial score (nSPS) is 13.7. The number of anilines is 1. The van der Waals surface area contributed by atoms with E-state index in [0.717, 1.165) is 43.5 Å². The number of benzene rings is 2. The Morgan fingerprint density at radius 1 is 1.24 bits per heavy atom. The third kappa shape index (κ3) is 4.73. The van der Waals surface area contributed by atoms with Crippen molar-refractivity contribution in [2.75, 3.05) is 5.32 Å². The Morgan fingerprint density at radius 2 is 1.97 bits per heavy atom. The second kappa shape index (κ2) is 9.55. The van der Waals surface area contributed by atoms with Gasteiger partial charge in [-0.25, -0.2) is 9.07 Å². The molecule has 1 aliphatic carbocycles. The molecule has 11 nitrogen and oxygen atoms in total. The minimum atomic E-state index is -0.802. The second-order valence-corrected chi connectivity index (χ2v) is 8.85. The Hall–Kier alpha value is -3.87. The number of carbonyl (C=O) groups is 2. The topological polar surface area (TPSA) is 159 Å². The first kappa shape index (κ1) is 23.3. The Bertz CT molecular complexity index is 1290. The summed E-state index contributed by atoms with van der Waals surface area (Å²) < 4.78 is 16.3. The number of primary amides is 1. The van der Waals surface area contributed by atoms with Gasteiger partial charge in [0.2, 0.25) is 11.1 Å². The molecule has 0 unspecified atom stereocenters. The molecule has 4 rings (SSSR count). The van der Waals surface area contributed by atoms with Crippen molar-refractivity contribution in [3.8, 4) is 0 Å². The van der Waals surface area contributed by atoms with Gasteiger partial charge in [0, 0.05) is 29.6 Å². The van der Waals surface area contributed by atoms with Crippen LogP contribution in [0.3, 0.4) is 0 Å². The number of rotatable bonds is 7. The van der Waals surface area contributed by atoms with Crippen LogP contribution in [0.4, 0.5) is 15.8 Å². The van der Waals surface area contributed by atoms with Crippen molar-refractivity contribution in [1.82, 2.24) is 20.2 Å². The zero-order valence-electron chi connectivity index (χ0n) is 18.0. The van der Waals surface area contributed by atoms with E-state index in [0.29, 0.717) is 15.6 Å². The quantitative estimate of drug-likeness (QED) is 0.380. The Balaban J connectivity index is 1.69. The lowest BCUT2D eigenvalue weighted by Gasteiger charge is -2.17. The van der Waals surface area contributed by atoms with Crippen LogP contribution in [0.15, 0.2) is 40.4 Å². The number of non-ortho nitro benzene ring substituents is 1. The number of nitro groups is 1. The van der Waals surface area contributed by atoms with Crippen LogP contribution in [0.25, 0.3) is 0 Å². The summed E-state index contributed by atoms with van der Waals surface area (Å²) in [5.74, 6) is -2.22. The summed E-state index contributed by atoms with van der Waals surface area (Å²) in [4.78, 5) is 36.1. The number of aryl methyl sites for hydroxylation is 1. The minimum absolute atomic E-state index is 0.0292. The number of hydrogen-bond acceptors (Lipinski definition) is 8. The lowest BCUT2D eigenvalue weighted by Crippen LogP contribution is -2.19. The lowest BCUT2D eigenvalue weighted by molar-refractivity contribution is -0.384. The van der Waals surface area contributed by atoms with Crippen molar-refractivity contribution in [3.63, 3.8) is 0 Å². The number of carbonyl (C=O) groups excluding carboxylic acids is 2. The molecule has 2 amide bonds. The maximum atomic E-state index is 15.0. The molecule has 0 spiro atoms. The third-order valence-electron chi connectivity index (χ3n) is 5.65. The molecule has 176 valence electrons. The molecule has 3 aromatic rings. The predicted molar refractivity (Wildman–Crippen MR) is 120 cm³/mol. The molecule has 1 aliphatic rings. The fourth-order valence-electron chi connectivity index (χ4n) is 3.97. The number of nitrogens with zero attached hydrogens (tertiary/aromatic N) is 5. The van der Waals surface area contributed by atoms with Crippen LogP contribution >= 0.6 is 11.8 Å². The zero-order valence-corrected chi connectivity index (χ0v) is 18.8. The Kier molecular flexibility index (Phi) is 6.54. The van der Waals surface area contributed by atoms with Crippen LogP contribution in [0, 0.1) is 15.9 Å². The van der Waals surface area contributed by atoms with Gasteiger partial charge >= 0.3 is 0 Å². The first-order valence-corrected chi connectivity index (χ1v) is 11.2. The van der Waals surface area contributed by atoms with Crippen molar-refractivity contribution in [2.45, 2.75) is 41.7 Å². The van der Waals surface area contributed by atoms with Crippen LogP contribution in [0.2, 0.25) is 0 Å². The molecule has 2 aromatic carbocycles. The average Bonchev–Trinajstić information content (AvgIpc) is 3.47. The summed E-state index contributed by atoms with van der Waals surface area (Å²) in [6.07, 6.45) is 3.63. The van der Waals surface area contributed by atoms with E-state index < -0.39 is 22.6 Å². The molecular formula is C21H20FN7O4S.